The van der Waals surface area contributed by atoms with Gasteiger partial charge in [0, 0.05) is 24.0 Å². The Bertz CT molecular complexity index is 905. The van der Waals surface area contributed by atoms with E-state index >= 15 is 0 Å². The van der Waals surface area contributed by atoms with E-state index in [1.807, 2.05) is 19.1 Å². The largest absolute Gasteiger partial charge is 0.369 e. The van der Waals surface area contributed by atoms with E-state index in [4.69, 9.17) is 5.41 Å². The molecule has 31 heavy (non-hydrogen) atoms. The van der Waals surface area contributed by atoms with E-state index in [2.05, 4.69) is 45.8 Å². The Morgan fingerprint density at radius 1 is 1.16 bits per heavy atom. The first-order valence-electron chi connectivity index (χ1n) is 10.5. The number of halogens is 2. The molecule has 0 spiro atoms. The number of hydrogen-bond donors (Lipinski definition) is 4. The Labute approximate surface area is 196 Å². The van der Waals surface area contributed by atoms with Crippen molar-refractivity contribution in [2.24, 2.45) is 5.92 Å². The van der Waals surface area contributed by atoms with Gasteiger partial charge in [0.15, 0.2) is 0 Å². The van der Waals surface area contributed by atoms with Crippen molar-refractivity contribution < 1.29 is 4.79 Å². The van der Waals surface area contributed by atoms with E-state index in [1.54, 1.807) is 6.92 Å². The first-order chi connectivity index (χ1) is 13.8. The zero-order chi connectivity index (χ0) is 21.0. The van der Waals surface area contributed by atoms with Gasteiger partial charge in [0.05, 0.1) is 11.4 Å². The highest BCUT2D eigenvalue weighted by atomic mass is 35.5. The lowest BCUT2D eigenvalue weighted by Crippen LogP contribution is -2.48. The number of nitrogens with one attached hydrogen (secondary N) is 4. The molecule has 0 radical (unpaired) electrons. The van der Waals surface area contributed by atoms with Crippen LogP contribution < -0.4 is 16.0 Å². The van der Waals surface area contributed by atoms with Gasteiger partial charge in [-0.25, -0.2) is 9.97 Å². The fourth-order valence-electron chi connectivity index (χ4n) is 3.76. The zero-order valence-electron chi connectivity index (χ0n) is 18.6. The highest BCUT2D eigenvalue weighted by molar-refractivity contribution is 5.96. The second kappa shape index (κ2) is 12.1. The summed E-state index contributed by atoms with van der Waals surface area (Å²) in [7, 11) is 0. The number of carbonyl (C=O) groups excluding carboxylic acids is 1. The van der Waals surface area contributed by atoms with Crippen LogP contribution in [-0.4, -0.2) is 40.3 Å². The van der Waals surface area contributed by atoms with Gasteiger partial charge < -0.3 is 16.0 Å². The monoisotopic (exact) mass is 468 g/mol. The molecule has 1 aliphatic rings. The number of fused-ring (bicyclic) bond motifs is 1. The number of rotatable bonds is 6. The van der Waals surface area contributed by atoms with Gasteiger partial charge in [0.25, 0.3) is 5.91 Å². The number of nitrogens with zero attached hydrogens (tertiary/aromatic N) is 2. The smallest absolute Gasteiger partial charge is 0.289 e. The molecule has 172 valence electrons. The first kappa shape index (κ1) is 26.9. The lowest BCUT2D eigenvalue weighted by atomic mass is 9.90. The van der Waals surface area contributed by atoms with Crippen molar-refractivity contribution in [3.63, 3.8) is 0 Å². The van der Waals surface area contributed by atoms with Gasteiger partial charge in [-0.1, -0.05) is 38.3 Å². The average Bonchev–Trinajstić information content (AvgIpc) is 2.67. The van der Waals surface area contributed by atoms with Crippen LogP contribution in [0.25, 0.3) is 10.9 Å². The van der Waals surface area contributed by atoms with Crippen LogP contribution in [0.15, 0.2) is 18.2 Å². The maximum Gasteiger partial charge on any atom is 0.289 e. The zero-order valence-corrected chi connectivity index (χ0v) is 20.3. The van der Waals surface area contributed by atoms with Gasteiger partial charge in [0.2, 0.25) is 5.82 Å². The summed E-state index contributed by atoms with van der Waals surface area (Å²) in [6.07, 6.45) is 4.29. The number of aromatic nitrogens is 2. The minimum atomic E-state index is -0.252. The van der Waals surface area contributed by atoms with Crippen LogP contribution in [0, 0.1) is 18.3 Å². The molecule has 2 aromatic rings. The van der Waals surface area contributed by atoms with E-state index in [0.29, 0.717) is 24.1 Å². The van der Waals surface area contributed by atoms with Crippen molar-refractivity contribution in [2.75, 3.05) is 11.9 Å². The average molecular weight is 469 g/mol. The first-order valence-corrected chi connectivity index (χ1v) is 10.5. The molecule has 7 nitrogen and oxygen atoms in total. The Morgan fingerprint density at radius 2 is 1.84 bits per heavy atom. The molecule has 0 unspecified atom stereocenters. The summed E-state index contributed by atoms with van der Waals surface area (Å²) in [6.45, 7) is 8.50. The van der Waals surface area contributed by atoms with Crippen molar-refractivity contribution in [1.82, 2.24) is 20.6 Å². The number of aryl methyl sites for hydroxylation is 1. The van der Waals surface area contributed by atoms with E-state index in [1.165, 1.54) is 0 Å². The molecule has 0 saturated heterocycles. The van der Waals surface area contributed by atoms with Crippen LogP contribution in [0.1, 0.15) is 62.6 Å². The van der Waals surface area contributed by atoms with E-state index < -0.39 is 0 Å². The molecular weight excluding hydrogens is 435 g/mol. The third kappa shape index (κ3) is 7.21. The predicted molar refractivity (Wildman–Crippen MR) is 132 cm³/mol. The summed E-state index contributed by atoms with van der Waals surface area (Å²) >= 11 is 0. The normalized spacial score (nSPS) is 18.0. The fraction of sp³-hybridized carbons (Fsp3) is 0.545. The number of amidine groups is 1. The van der Waals surface area contributed by atoms with Gasteiger partial charge in [-0.3, -0.25) is 10.2 Å². The van der Waals surface area contributed by atoms with Gasteiger partial charge in [0.1, 0.15) is 5.82 Å². The van der Waals surface area contributed by atoms with E-state index in [0.717, 1.165) is 42.1 Å². The third-order valence-corrected chi connectivity index (χ3v) is 5.22. The Kier molecular flexibility index (Phi) is 10.5. The van der Waals surface area contributed by atoms with Crippen molar-refractivity contribution in [3.05, 3.63) is 29.6 Å². The Morgan fingerprint density at radius 3 is 2.48 bits per heavy atom. The summed E-state index contributed by atoms with van der Waals surface area (Å²) in [5.74, 6) is 1.46. The minimum Gasteiger partial charge on any atom is -0.369 e. The second-order valence-corrected chi connectivity index (χ2v) is 8.43. The van der Waals surface area contributed by atoms with Crippen LogP contribution in [0.4, 0.5) is 5.82 Å². The molecule has 1 saturated carbocycles. The minimum absolute atomic E-state index is 0. The van der Waals surface area contributed by atoms with Crippen LogP contribution in [0.3, 0.4) is 0 Å². The highest BCUT2D eigenvalue weighted by Gasteiger charge is 2.26. The Balaban J connectivity index is 0.00000240. The maximum absolute atomic E-state index is 12.6. The summed E-state index contributed by atoms with van der Waals surface area (Å²) in [4.78, 5) is 21.7. The Hall–Kier alpha value is -2.12. The summed E-state index contributed by atoms with van der Waals surface area (Å²) in [5, 5.41) is 18.5. The van der Waals surface area contributed by atoms with Gasteiger partial charge in [-0.15, -0.1) is 24.8 Å². The van der Waals surface area contributed by atoms with Crippen LogP contribution >= 0.6 is 24.8 Å². The van der Waals surface area contributed by atoms with Crippen molar-refractivity contribution in [2.45, 2.75) is 65.5 Å². The molecular formula is C22H34Cl2N6O. The van der Waals surface area contributed by atoms with E-state index in [-0.39, 0.29) is 48.6 Å². The highest BCUT2D eigenvalue weighted by Crippen LogP contribution is 2.27. The van der Waals surface area contributed by atoms with Gasteiger partial charge >= 0.3 is 0 Å². The van der Waals surface area contributed by atoms with Crippen LogP contribution in [0.2, 0.25) is 0 Å². The molecule has 0 bridgehead atoms. The number of carbonyl (C=O) groups is 1. The molecule has 3 rings (SSSR count). The van der Waals surface area contributed by atoms with Crippen molar-refractivity contribution >= 4 is 53.3 Å². The number of benzene rings is 1. The standard InChI is InChI=1S/C22H32N6O.2ClH/c1-13(2)12-24-22(29)21-26-17-10-9-14(3)11-16(17)20(28-21)27-19-8-6-5-7-18(19)25-15(4)23;;/h9-11,13,18-19H,5-8,12H2,1-4H3,(H2,23,25)(H,24,29)(H,26,27,28);2*1H/t18-,19+;;/m1../s1. The molecule has 1 aromatic heterocycles. The van der Waals surface area contributed by atoms with Crippen molar-refractivity contribution in [3.8, 4) is 0 Å². The molecule has 9 heteroatoms. The molecule has 2 atom stereocenters. The topological polar surface area (TPSA) is 103 Å². The molecule has 1 aliphatic carbocycles. The lowest BCUT2D eigenvalue weighted by Gasteiger charge is -2.33. The SMILES string of the molecule is CC(=N)N[C@@H]1CCCC[C@@H]1Nc1nc(C(=O)NCC(C)C)nc2ccc(C)cc12.Cl.Cl. The molecule has 1 amide bonds. The number of amides is 1. The van der Waals surface area contributed by atoms with Crippen LogP contribution in [0.5, 0.6) is 0 Å². The predicted octanol–water partition coefficient (Wildman–Crippen LogP) is 4.48. The van der Waals surface area contributed by atoms with E-state index in [9.17, 15) is 4.79 Å². The molecule has 1 aromatic carbocycles. The number of anilines is 1. The van der Waals surface area contributed by atoms with Gasteiger partial charge in [-0.05, 0) is 44.7 Å². The lowest BCUT2D eigenvalue weighted by molar-refractivity contribution is 0.0939. The summed E-state index contributed by atoms with van der Waals surface area (Å²) < 4.78 is 0. The summed E-state index contributed by atoms with van der Waals surface area (Å²) in [6, 6.07) is 6.32. The fourth-order valence-corrected chi connectivity index (χ4v) is 3.76. The molecule has 1 fully saturated rings. The maximum atomic E-state index is 12.6. The summed E-state index contributed by atoms with van der Waals surface area (Å²) in [5.41, 5.74) is 1.88. The second-order valence-electron chi connectivity index (χ2n) is 8.43. The molecule has 1 heterocycles. The molecule has 4 N–H and O–H groups in total. The number of hydrogen-bond acceptors (Lipinski definition) is 5. The van der Waals surface area contributed by atoms with Crippen LogP contribution in [-0.2, 0) is 0 Å². The third-order valence-electron chi connectivity index (χ3n) is 5.22. The van der Waals surface area contributed by atoms with Gasteiger partial charge in [-0.2, -0.15) is 0 Å². The molecule has 0 aliphatic heterocycles. The quantitative estimate of drug-likeness (QED) is 0.369. The van der Waals surface area contributed by atoms with Crippen molar-refractivity contribution in [1.29, 1.82) is 5.41 Å².